The predicted octanol–water partition coefficient (Wildman–Crippen LogP) is 7.89. The first-order valence-corrected chi connectivity index (χ1v) is 15.5. The van der Waals surface area contributed by atoms with Crippen molar-refractivity contribution >= 4 is 54.9 Å². The molecular formula is C24H54CaO6P2. The third-order valence-corrected chi connectivity index (χ3v) is 6.24. The van der Waals surface area contributed by atoms with Gasteiger partial charge in [0.15, 0.2) is 0 Å². The molecule has 0 amide bonds. The minimum absolute atomic E-state index is 0. The second kappa shape index (κ2) is 36.0. The first-order chi connectivity index (χ1) is 15.5. The molecule has 33 heavy (non-hydrogen) atoms. The van der Waals surface area contributed by atoms with Crippen molar-refractivity contribution in [2.45, 2.75) is 142 Å². The second-order valence-electron chi connectivity index (χ2n) is 8.54. The maximum absolute atomic E-state index is 8.49. The fourth-order valence-corrected chi connectivity index (χ4v) is 4.06. The monoisotopic (exact) mass is 540 g/mol. The molecular weight excluding hydrogens is 486 g/mol. The van der Waals surface area contributed by atoms with Gasteiger partial charge in [-0.05, 0) is 12.8 Å². The zero-order valence-electron chi connectivity index (χ0n) is 21.8. The minimum atomic E-state index is -2.14. The molecule has 4 N–H and O–H groups in total. The Kier molecular flexibility index (Phi) is 43.0. The average Bonchev–Trinajstić information content (AvgIpc) is 2.76. The maximum atomic E-state index is 8.49. The van der Waals surface area contributed by atoms with E-state index in [-0.39, 0.29) is 37.7 Å². The van der Waals surface area contributed by atoms with E-state index < -0.39 is 17.2 Å². The average molecular weight is 541 g/mol. The molecule has 0 fully saturated rings. The smallest absolute Gasteiger partial charge is 0.327 e. The van der Waals surface area contributed by atoms with Gasteiger partial charge in [-0.1, -0.05) is 129 Å². The van der Waals surface area contributed by atoms with E-state index in [1.165, 1.54) is 103 Å². The topological polar surface area (TPSA) is 99.4 Å². The van der Waals surface area contributed by atoms with Crippen molar-refractivity contribution in [3.05, 3.63) is 0 Å². The van der Waals surface area contributed by atoms with Crippen LogP contribution in [0, 0.1) is 0 Å². The van der Waals surface area contributed by atoms with Crippen LogP contribution in [0.15, 0.2) is 0 Å². The Hall–Kier alpha value is 1.88. The molecule has 0 aliphatic carbocycles. The van der Waals surface area contributed by atoms with Crippen LogP contribution in [0.1, 0.15) is 142 Å². The summed E-state index contributed by atoms with van der Waals surface area (Å²) in [7, 11) is -4.27. The molecule has 0 aliphatic heterocycles. The van der Waals surface area contributed by atoms with Crippen LogP contribution in [-0.4, -0.2) is 70.5 Å². The van der Waals surface area contributed by atoms with Gasteiger partial charge in [0.05, 0.1) is 13.2 Å². The predicted molar refractivity (Wildman–Crippen MR) is 144 cm³/mol. The quantitative estimate of drug-likeness (QED) is 0.0564. The molecule has 198 valence electrons. The summed E-state index contributed by atoms with van der Waals surface area (Å²) in [6, 6.07) is 0. The van der Waals surface area contributed by atoms with Crippen molar-refractivity contribution < 1.29 is 28.6 Å². The Morgan fingerprint density at radius 3 is 0.818 bits per heavy atom. The maximum Gasteiger partial charge on any atom is 0.327 e. The van der Waals surface area contributed by atoms with E-state index in [9.17, 15) is 0 Å². The van der Waals surface area contributed by atoms with E-state index >= 15 is 0 Å². The molecule has 0 aromatic carbocycles. The summed E-state index contributed by atoms with van der Waals surface area (Å²) < 4.78 is 9.38. The molecule has 0 bridgehead atoms. The molecule has 0 aliphatic rings. The summed E-state index contributed by atoms with van der Waals surface area (Å²) in [5, 5.41) is 0. The molecule has 0 saturated heterocycles. The summed E-state index contributed by atoms with van der Waals surface area (Å²) in [4.78, 5) is 34.0. The van der Waals surface area contributed by atoms with Gasteiger partial charge in [0, 0.05) is 37.7 Å². The van der Waals surface area contributed by atoms with Gasteiger partial charge in [-0.15, -0.1) is 0 Å². The van der Waals surface area contributed by atoms with Crippen molar-refractivity contribution in [3.8, 4) is 0 Å². The van der Waals surface area contributed by atoms with Crippen molar-refractivity contribution in [2.24, 2.45) is 0 Å². The Morgan fingerprint density at radius 1 is 0.394 bits per heavy atom. The van der Waals surface area contributed by atoms with Gasteiger partial charge >= 0.3 is 17.2 Å². The van der Waals surface area contributed by atoms with Crippen LogP contribution in [0.5, 0.6) is 0 Å². The Morgan fingerprint density at radius 2 is 0.606 bits per heavy atom. The van der Waals surface area contributed by atoms with Crippen molar-refractivity contribution in [3.63, 3.8) is 0 Å². The fourth-order valence-electron chi connectivity index (χ4n) is 3.47. The Balaban J connectivity index is -0.000000529. The Labute approximate surface area is 237 Å². The van der Waals surface area contributed by atoms with Gasteiger partial charge in [-0.25, -0.2) is 0 Å². The van der Waals surface area contributed by atoms with Crippen LogP contribution < -0.4 is 0 Å². The zero-order valence-corrected chi connectivity index (χ0v) is 25.8. The largest absolute Gasteiger partial charge is 0.328 e. The summed E-state index contributed by atoms with van der Waals surface area (Å²) in [6.45, 7) is 5.45. The van der Waals surface area contributed by atoms with E-state index in [0.29, 0.717) is 13.2 Å². The van der Waals surface area contributed by atoms with Crippen molar-refractivity contribution in [2.75, 3.05) is 13.2 Å². The molecule has 0 rings (SSSR count). The van der Waals surface area contributed by atoms with Crippen LogP contribution in [0.3, 0.4) is 0 Å². The molecule has 0 aromatic rings. The fraction of sp³-hybridized carbons (Fsp3) is 1.00. The number of unbranched alkanes of at least 4 members (excludes halogenated alkanes) is 18. The molecule has 0 spiro atoms. The van der Waals surface area contributed by atoms with E-state index in [1.54, 1.807) is 0 Å². The molecule has 9 heteroatoms. The summed E-state index contributed by atoms with van der Waals surface area (Å²) >= 11 is 0. The standard InChI is InChI=1S/2C12H27O3P.Ca/c2*1-2-3-4-5-6-7-8-9-10-11-12-15-16(13)14;/h2*13-14H,2-12H2,1H3;. The molecule has 0 heterocycles. The summed E-state index contributed by atoms with van der Waals surface area (Å²) in [5.41, 5.74) is 0. The van der Waals surface area contributed by atoms with Crippen LogP contribution in [0.25, 0.3) is 0 Å². The third-order valence-electron chi connectivity index (χ3n) is 5.41. The molecule has 6 nitrogen and oxygen atoms in total. The molecule has 0 aromatic heterocycles. The van der Waals surface area contributed by atoms with Crippen molar-refractivity contribution in [1.82, 2.24) is 0 Å². The Bertz CT molecular complexity index is 299. The number of hydrogen-bond acceptors (Lipinski definition) is 6. The second-order valence-corrected chi connectivity index (χ2v) is 10.1. The summed E-state index contributed by atoms with van der Waals surface area (Å²) in [5.74, 6) is 0. The molecule has 0 saturated carbocycles. The van der Waals surface area contributed by atoms with Gasteiger partial charge in [0.25, 0.3) is 0 Å². The SMILES string of the molecule is CCCCCCCCCCCCOP(O)O.CCCCCCCCCCCCOP(O)O.[Ca]. The molecule has 0 unspecified atom stereocenters. The number of hydrogen-bond donors (Lipinski definition) is 4. The van der Waals surface area contributed by atoms with Crippen LogP contribution in [-0.2, 0) is 9.05 Å². The normalized spacial score (nSPS) is 10.9. The first-order valence-electron chi connectivity index (χ1n) is 13.2. The molecule has 0 atom stereocenters. The van der Waals surface area contributed by atoms with Gasteiger partial charge in [0.1, 0.15) is 0 Å². The molecule has 2 radical (unpaired) electrons. The van der Waals surface area contributed by atoms with Crippen LogP contribution in [0.2, 0.25) is 0 Å². The van der Waals surface area contributed by atoms with Crippen LogP contribution in [0.4, 0.5) is 0 Å². The zero-order chi connectivity index (χ0) is 24.1. The minimum Gasteiger partial charge on any atom is -0.328 e. The van der Waals surface area contributed by atoms with Gasteiger partial charge in [-0.3, -0.25) is 0 Å². The van der Waals surface area contributed by atoms with E-state index in [4.69, 9.17) is 19.6 Å². The van der Waals surface area contributed by atoms with Gasteiger partial charge < -0.3 is 28.6 Å². The first kappa shape index (κ1) is 39.4. The van der Waals surface area contributed by atoms with Gasteiger partial charge in [-0.2, -0.15) is 0 Å². The van der Waals surface area contributed by atoms with E-state index in [0.717, 1.165) is 25.7 Å². The van der Waals surface area contributed by atoms with Gasteiger partial charge in [0.2, 0.25) is 0 Å². The van der Waals surface area contributed by atoms with E-state index in [1.807, 2.05) is 0 Å². The van der Waals surface area contributed by atoms with Crippen LogP contribution >= 0.6 is 17.2 Å². The third kappa shape index (κ3) is 44.3. The van der Waals surface area contributed by atoms with Crippen molar-refractivity contribution in [1.29, 1.82) is 0 Å². The van der Waals surface area contributed by atoms with E-state index in [2.05, 4.69) is 22.9 Å². The summed E-state index contributed by atoms with van der Waals surface area (Å²) in [6.07, 6.45) is 25.6. The number of rotatable bonds is 24.